The van der Waals surface area contributed by atoms with Gasteiger partial charge in [0.2, 0.25) is 11.5 Å². The van der Waals surface area contributed by atoms with Crippen LogP contribution in [0.1, 0.15) is 40.9 Å². The summed E-state index contributed by atoms with van der Waals surface area (Å²) < 4.78 is 82.8. The van der Waals surface area contributed by atoms with E-state index in [4.69, 9.17) is 4.84 Å². The van der Waals surface area contributed by atoms with E-state index in [-0.39, 0.29) is 29.4 Å². The Kier molecular flexibility index (Phi) is 7.35. The molecule has 1 unspecified atom stereocenters. The molecule has 3 aromatic rings. The molecule has 0 spiro atoms. The fourth-order valence-electron chi connectivity index (χ4n) is 4.26. The van der Waals surface area contributed by atoms with Crippen molar-refractivity contribution in [2.24, 2.45) is 0 Å². The maximum atomic E-state index is 14.4. The Hall–Kier alpha value is -4.06. The Balaban J connectivity index is 1.75. The largest absolute Gasteiger partial charge is 0.428 e. The molecule has 6 nitrogen and oxygen atoms in total. The monoisotopic (exact) mass is 551 g/mol. The molecule has 4 rings (SSSR count). The van der Waals surface area contributed by atoms with Gasteiger partial charge in [-0.2, -0.15) is 26.3 Å². The molecule has 0 radical (unpaired) electrons. The summed E-state index contributed by atoms with van der Waals surface area (Å²) >= 11 is 0. The number of benzene rings is 3. The van der Waals surface area contributed by atoms with Crippen LogP contribution >= 0.6 is 0 Å². The van der Waals surface area contributed by atoms with E-state index < -0.39 is 40.9 Å². The molecule has 0 saturated heterocycles. The van der Waals surface area contributed by atoms with Crippen LogP contribution in [-0.4, -0.2) is 30.6 Å². The second-order valence-corrected chi connectivity index (χ2v) is 9.19. The van der Waals surface area contributed by atoms with Crippen LogP contribution in [0.4, 0.5) is 26.3 Å². The molecule has 0 saturated carbocycles. The van der Waals surface area contributed by atoms with E-state index in [1.54, 1.807) is 38.1 Å². The summed E-state index contributed by atoms with van der Waals surface area (Å²) in [6, 6.07) is 11.9. The second kappa shape index (κ2) is 10.3. The Morgan fingerprint density at radius 1 is 0.949 bits per heavy atom. The van der Waals surface area contributed by atoms with Crippen LogP contribution in [0.15, 0.2) is 66.7 Å². The van der Waals surface area contributed by atoms with E-state index in [1.165, 1.54) is 12.1 Å². The first-order valence-electron chi connectivity index (χ1n) is 11.7. The van der Waals surface area contributed by atoms with Crippen molar-refractivity contribution in [2.75, 3.05) is 6.54 Å². The van der Waals surface area contributed by atoms with Crippen molar-refractivity contribution in [2.45, 2.75) is 37.8 Å². The zero-order valence-electron chi connectivity index (χ0n) is 20.6. The van der Waals surface area contributed by atoms with Gasteiger partial charge in [0, 0.05) is 22.7 Å². The van der Waals surface area contributed by atoms with Gasteiger partial charge >= 0.3 is 12.4 Å². The molecule has 12 heteroatoms. The van der Waals surface area contributed by atoms with Crippen LogP contribution in [0.3, 0.4) is 0 Å². The van der Waals surface area contributed by atoms with Crippen LogP contribution in [0, 0.1) is 0 Å². The summed E-state index contributed by atoms with van der Waals surface area (Å²) in [6.07, 6.45) is -9.30. The third kappa shape index (κ3) is 5.56. The number of hydrogen-bond donors (Lipinski definition) is 3. The molecule has 3 aromatic carbocycles. The average molecular weight is 551 g/mol. The Labute approximate surface area is 219 Å². The first kappa shape index (κ1) is 28.0. The zero-order chi connectivity index (χ0) is 28.6. The van der Waals surface area contributed by atoms with E-state index in [0.717, 1.165) is 12.1 Å². The molecule has 0 fully saturated rings. The first-order chi connectivity index (χ1) is 18.2. The van der Waals surface area contributed by atoms with Crippen molar-refractivity contribution >= 4 is 28.3 Å². The Morgan fingerprint density at radius 2 is 1.64 bits per heavy atom. The number of amides is 2. The lowest BCUT2D eigenvalue weighted by molar-refractivity contribution is -0.269. The highest BCUT2D eigenvalue weighted by molar-refractivity contribution is 6.10. The molecule has 1 aliphatic rings. The lowest BCUT2D eigenvalue weighted by atomic mass is 9.89. The van der Waals surface area contributed by atoms with Crippen molar-refractivity contribution in [3.63, 3.8) is 0 Å². The molecule has 0 aromatic heterocycles. The second-order valence-electron chi connectivity index (χ2n) is 9.19. The first-order valence-corrected chi connectivity index (χ1v) is 11.7. The minimum Gasteiger partial charge on any atom is -0.352 e. The van der Waals surface area contributed by atoms with Gasteiger partial charge in [0.25, 0.3) is 5.91 Å². The van der Waals surface area contributed by atoms with E-state index in [2.05, 4.69) is 16.1 Å². The van der Waals surface area contributed by atoms with Crippen LogP contribution in [0.2, 0.25) is 0 Å². The van der Waals surface area contributed by atoms with Crippen molar-refractivity contribution in [1.29, 1.82) is 0 Å². The molecule has 206 valence electrons. The number of hydroxylamine groups is 1. The highest BCUT2D eigenvalue weighted by atomic mass is 19.4. The number of halogens is 6. The number of rotatable bonds is 6. The predicted octanol–water partition coefficient (Wildman–Crippen LogP) is 5.45. The molecular formula is C27H23F6N3O3. The van der Waals surface area contributed by atoms with Crippen LogP contribution in [-0.2, 0) is 21.4 Å². The van der Waals surface area contributed by atoms with Crippen molar-refractivity contribution in [3.05, 3.63) is 89.0 Å². The summed E-state index contributed by atoms with van der Waals surface area (Å²) in [5.74, 6) is -0.968. The summed E-state index contributed by atoms with van der Waals surface area (Å²) in [5.41, 5.74) is -2.74. The number of fused-ring (bicyclic) bond motifs is 1. The SMILES string of the molecule is CC(C)NC(=O)CNC(=O)c1ccc(C2=CC(c3cccc(C(F)(F)F)c3)(C(F)(F)F)ON2)c2ccccc12. The van der Waals surface area contributed by atoms with Crippen LogP contribution < -0.4 is 16.1 Å². The highest BCUT2D eigenvalue weighted by Crippen LogP contribution is 2.48. The minimum atomic E-state index is -5.13. The molecular weight excluding hydrogens is 528 g/mol. The Morgan fingerprint density at radius 3 is 2.28 bits per heavy atom. The van der Waals surface area contributed by atoms with E-state index >= 15 is 0 Å². The molecule has 3 N–H and O–H groups in total. The molecule has 1 atom stereocenters. The van der Waals surface area contributed by atoms with Crippen molar-refractivity contribution in [1.82, 2.24) is 16.1 Å². The molecule has 2 amide bonds. The average Bonchev–Trinajstić information content (AvgIpc) is 3.33. The molecule has 0 aliphatic carbocycles. The van der Waals surface area contributed by atoms with Gasteiger partial charge in [0.15, 0.2) is 0 Å². The maximum Gasteiger partial charge on any atom is 0.428 e. The fraction of sp³-hybridized carbons (Fsp3) is 0.259. The lowest BCUT2D eigenvalue weighted by Gasteiger charge is -2.29. The van der Waals surface area contributed by atoms with Gasteiger partial charge in [-0.3, -0.25) is 19.9 Å². The standard InChI is InChI=1S/C27H23F6N3O3/c1-15(2)35-23(37)14-34-24(38)21-11-10-20(18-8-3-4-9-19(18)21)22-13-25(39-36-22,27(31,32)33)16-6-5-7-17(12-16)26(28,29)30/h3-13,15,36H,14H2,1-2H3,(H,34,38)(H,35,37). The molecule has 39 heavy (non-hydrogen) atoms. The third-order valence-corrected chi connectivity index (χ3v) is 6.03. The quantitative estimate of drug-likeness (QED) is 0.357. The number of alkyl halides is 6. The zero-order valence-corrected chi connectivity index (χ0v) is 20.6. The van der Waals surface area contributed by atoms with Gasteiger partial charge in [-0.15, -0.1) is 0 Å². The van der Waals surface area contributed by atoms with Gasteiger partial charge in [-0.1, -0.05) is 42.5 Å². The number of hydrogen-bond acceptors (Lipinski definition) is 4. The predicted molar refractivity (Wildman–Crippen MR) is 131 cm³/mol. The fourth-order valence-corrected chi connectivity index (χ4v) is 4.26. The van der Waals surface area contributed by atoms with E-state index in [9.17, 15) is 35.9 Å². The number of carbonyl (C=O) groups is 2. The van der Waals surface area contributed by atoms with Crippen molar-refractivity contribution < 1.29 is 40.8 Å². The van der Waals surface area contributed by atoms with Gasteiger partial charge in [0.1, 0.15) is 0 Å². The Bertz CT molecular complexity index is 1450. The van der Waals surface area contributed by atoms with E-state index in [0.29, 0.717) is 29.0 Å². The number of nitrogens with one attached hydrogen (secondary N) is 3. The maximum absolute atomic E-state index is 14.4. The van der Waals surface area contributed by atoms with Crippen LogP contribution in [0.25, 0.3) is 16.5 Å². The molecule has 1 aliphatic heterocycles. The van der Waals surface area contributed by atoms with Gasteiger partial charge in [-0.25, -0.2) is 0 Å². The van der Waals surface area contributed by atoms with Gasteiger partial charge < -0.3 is 10.6 Å². The number of carbonyl (C=O) groups excluding carboxylic acids is 2. The van der Waals surface area contributed by atoms with Crippen LogP contribution in [0.5, 0.6) is 0 Å². The molecule has 1 heterocycles. The summed E-state index contributed by atoms with van der Waals surface area (Å²) in [5, 5.41) is 5.90. The topological polar surface area (TPSA) is 79.5 Å². The smallest absolute Gasteiger partial charge is 0.352 e. The summed E-state index contributed by atoms with van der Waals surface area (Å²) in [6.45, 7) is 3.25. The molecule has 0 bridgehead atoms. The summed E-state index contributed by atoms with van der Waals surface area (Å²) in [7, 11) is 0. The van der Waals surface area contributed by atoms with Gasteiger partial charge in [0.05, 0.1) is 17.8 Å². The third-order valence-electron chi connectivity index (χ3n) is 6.03. The van der Waals surface area contributed by atoms with E-state index in [1.807, 2.05) is 0 Å². The highest BCUT2D eigenvalue weighted by Gasteiger charge is 2.60. The normalized spacial score (nSPS) is 17.6. The van der Waals surface area contributed by atoms with Gasteiger partial charge in [-0.05, 0) is 48.9 Å². The lowest BCUT2D eigenvalue weighted by Crippen LogP contribution is -2.42. The van der Waals surface area contributed by atoms with Crippen molar-refractivity contribution in [3.8, 4) is 0 Å². The minimum absolute atomic E-state index is 0.122. The summed E-state index contributed by atoms with van der Waals surface area (Å²) in [4.78, 5) is 29.7.